The van der Waals surface area contributed by atoms with Gasteiger partial charge in [0.2, 0.25) is 5.91 Å². The smallest absolute Gasteiger partial charge is 0.250 e. The van der Waals surface area contributed by atoms with Gasteiger partial charge >= 0.3 is 0 Å². The lowest BCUT2D eigenvalue weighted by Crippen LogP contribution is -2.07. The molecule has 0 atom stereocenters. The molecule has 162 valence electrons. The molecule has 0 aliphatic heterocycles. The summed E-state index contributed by atoms with van der Waals surface area (Å²) in [5.41, 5.74) is 4.14. The van der Waals surface area contributed by atoms with E-state index in [1.807, 2.05) is 66.9 Å². The van der Waals surface area contributed by atoms with E-state index in [1.165, 1.54) is 17.4 Å². The number of pyridine rings is 1. The third-order valence-electron chi connectivity index (χ3n) is 4.94. The van der Waals surface area contributed by atoms with Crippen LogP contribution in [0.2, 0.25) is 0 Å². The zero-order chi connectivity index (χ0) is 22.6. The highest BCUT2D eigenvalue weighted by Crippen LogP contribution is 2.29. The molecule has 0 aliphatic carbocycles. The second-order valence-corrected chi connectivity index (χ2v) is 8.16. The van der Waals surface area contributed by atoms with Gasteiger partial charge in [0.1, 0.15) is 11.4 Å². The molecule has 0 spiro atoms. The molecule has 2 aromatic carbocycles. The van der Waals surface area contributed by atoms with Gasteiger partial charge in [-0.2, -0.15) is 5.10 Å². The van der Waals surface area contributed by atoms with Crippen LogP contribution in [0.1, 0.15) is 5.56 Å². The van der Waals surface area contributed by atoms with Gasteiger partial charge in [0.25, 0.3) is 0 Å². The number of hydrogen-bond donors (Lipinski definition) is 1. The van der Waals surface area contributed by atoms with Gasteiger partial charge < -0.3 is 4.74 Å². The van der Waals surface area contributed by atoms with E-state index in [0.29, 0.717) is 5.13 Å². The Bertz CT molecular complexity index is 1440. The number of amides is 1. The van der Waals surface area contributed by atoms with Crippen molar-refractivity contribution in [3.05, 3.63) is 90.9 Å². The summed E-state index contributed by atoms with van der Waals surface area (Å²) in [5, 5.41) is 8.10. The molecule has 0 saturated heterocycles. The van der Waals surface area contributed by atoms with Gasteiger partial charge in [0.15, 0.2) is 5.13 Å². The number of carbonyl (C=O) groups excluding carboxylic acids is 1. The molecular formula is C25H19N5O2S. The summed E-state index contributed by atoms with van der Waals surface area (Å²) in [6, 6.07) is 19.2. The van der Waals surface area contributed by atoms with Gasteiger partial charge in [-0.05, 0) is 48.5 Å². The first-order valence-corrected chi connectivity index (χ1v) is 11.0. The van der Waals surface area contributed by atoms with Crippen molar-refractivity contribution < 1.29 is 9.53 Å². The van der Waals surface area contributed by atoms with Crippen LogP contribution in [0.3, 0.4) is 0 Å². The van der Waals surface area contributed by atoms with Crippen LogP contribution in [-0.4, -0.2) is 32.8 Å². The first-order valence-electron chi connectivity index (χ1n) is 10.2. The number of methoxy groups -OCH3 is 1. The maximum Gasteiger partial charge on any atom is 0.250 e. The van der Waals surface area contributed by atoms with Crippen LogP contribution >= 0.6 is 11.3 Å². The number of thiazole rings is 1. The molecule has 0 bridgehead atoms. The molecule has 0 fully saturated rings. The van der Waals surface area contributed by atoms with Crippen LogP contribution in [0.5, 0.6) is 5.75 Å². The predicted octanol–water partition coefficient (Wildman–Crippen LogP) is 5.20. The van der Waals surface area contributed by atoms with Gasteiger partial charge in [-0.3, -0.25) is 15.1 Å². The highest BCUT2D eigenvalue weighted by Gasteiger charge is 2.12. The Morgan fingerprint density at radius 3 is 2.79 bits per heavy atom. The van der Waals surface area contributed by atoms with E-state index in [2.05, 4.69) is 15.3 Å². The van der Waals surface area contributed by atoms with Gasteiger partial charge in [-0.25, -0.2) is 9.67 Å². The number of aromatic nitrogens is 4. The number of para-hydroxylation sites is 1. The number of rotatable bonds is 6. The Morgan fingerprint density at radius 2 is 2.00 bits per heavy atom. The topological polar surface area (TPSA) is 81.9 Å². The fourth-order valence-electron chi connectivity index (χ4n) is 3.35. The van der Waals surface area contributed by atoms with E-state index in [-0.39, 0.29) is 5.91 Å². The standard InChI is InChI=1S/C25H19N5O2S/c1-32-20-10-11-21-22(14-20)33-25(27-21)28-23(31)12-9-18-16-30(19-7-3-2-4-8-19)29-24(18)17-6-5-13-26-15-17/h2-16H,1H3,(H,27,28,31). The summed E-state index contributed by atoms with van der Waals surface area (Å²) < 4.78 is 7.98. The number of hydrogen-bond acceptors (Lipinski definition) is 6. The van der Waals surface area contributed by atoms with Crippen LogP contribution < -0.4 is 10.1 Å². The minimum absolute atomic E-state index is 0.273. The van der Waals surface area contributed by atoms with Crippen molar-refractivity contribution in [3.63, 3.8) is 0 Å². The van der Waals surface area contributed by atoms with Crippen molar-refractivity contribution in [2.24, 2.45) is 0 Å². The minimum atomic E-state index is -0.273. The van der Waals surface area contributed by atoms with Crippen molar-refractivity contribution in [1.82, 2.24) is 19.7 Å². The number of carbonyl (C=O) groups is 1. The average molecular weight is 454 g/mol. The summed E-state index contributed by atoms with van der Waals surface area (Å²) in [5.74, 6) is 0.480. The first kappa shape index (κ1) is 20.6. The van der Waals surface area contributed by atoms with Gasteiger partial charge in [-0.15, -0.1) is 0 Å². The summed E-state index contributed by atoms with van der Waals surface area (Å²) in [6.45, 7) is 0. The SMILES string of the molecule is COc1ccc2nc(NC(=O)C=Cc3cn(-c4ccccc4)nc3-c3cccnc3)sc2c1. The van der Waals surface area contributed by atoms with Crippen LogP contribution in [-0.2, 0) is 4.79 Å². The van der Waals surface area contributed by atoms with E-state index in [0.717, 1.165) is 38.5 Å². The van der Waals surface area contributed by atoms with Crippen LogP contribution in [0, 0.1) is 0 Å². The summed E-state index contributed by atoms with van der Waals surface area (Å²) in [4.78, 5) is 21.3. The molecule has 7 nitrogen and oxygen atoms in total. The lowest BCUT2D eigenvalue weighted by Gasteiger charge is -2.00. The number of ether oxygens (including phenoxy) is 1. The van der Waals surface area contributed by atoms with E-state index in [1.54, 1.807) is 30.3 Å². The summed E-state index contributed by atoms with van der Waals surface area (Å²) in [6.07, 6.45) is 8.60. The molecule has 1 N–H and O–H groups in total. The number of fused-ring (bicyclic) bond motifs is 1. The quantitative estimate of drug-likeness (QED) is 0.357. The fourth-order valence-corrected chi connectivity index (χ4v) is 4.24. The van der Waals surface area contributed by atoms with Gasteiger partial charge in [0, 0.05) is 35.8 Å². The second kappa shape index (κ2) is 9.05. The van der Waals surface area contributed by atoms with Gasteiger partial charge in [0.05, 0.1) is 23.0 Å². The molecule has 3 aromatic heterocycles. The predicted molar refractivity (Wildman–Crippen MR) is 131 cm³/mol. The largest absolute Gasteiger partial charge is 0.497 e. The van der Waals surface area contributed by atoms with Crippen molar-refractivity contribution in [1.29, 1.82) is 0 Å². The maximum atomic E-state index is 12.6. The Hall–Kier alpha value is -4.30. The van der Waals surface area contributed by atoms with Gasteiger partial charge in [-0.1, -0.05) is 29.5 Å². The highest BCUT2D eigenvalue weighted by molar-refractivity contribution is 7.22. The molecule has 0 radical (unpaired) electrons. The molecule has 0 aliphatic rings. The first-order chi connectivity index (χ1) is 16.2. The molecule has 3 heterocycles. The van der Waals surface area contributed by atoms with Crippen LogP contribution in [0.4, 0.5) is 5.13 Å². The molecule has 8 heteroatoms. The number of nitrogens with zero attached hydrogens (tertiary/aromatic N) is 4. The highest BCUT2D eigenvalue weighted by atomic mass is 32.1. The number of anilines is 1. The summed E-state index contributed by atoms with van der Waals surface area (Å²) in [7, 11) is 1.62. The Kier molecular flexibility index (Phi) is 5.65. The lowest BCUT2D eigenvalue weighted by molar-refractivity contribution is -0.111. The third kappa shape index (κ3) is 4.51. The molecule has 5 aromatic rings. The maximum absolute atomic E-state index is 12.6. The zero-order valence-corrected chi connectivity index (χ0v) is 18.5. The van der Waals surface area contributed by atoms with Crippen molar-refractivity contribution in [2.75, 3.05) is 12.4 Å². The van der Waals surface area contributed by atoms with Crippen LogP contribution in [0.25, 0.3) is 33.2 Å². The molecule has 0 unspecified atom stereocenters. The Morgan fingerprint density at radius 1 is 1.12 bits per heavy atom. The number of nitrogens with one attached hydrogen (secondary N) is 1. The van der Waals surface area contributed by atoms with Crippen LogP contribution in [0.15, 0.2) is 85.3 Å². The third-order valence-corrected chi connectivity index (χ3v) is 5.87. The summed E-state index contributed by atoms with van der Waals surface area (Å²) >= 11 is 1.40. The Balaban J connectivity index is 1.41. The molecule has 33 heavy (non-hydrogen) atoms. The number of benzene rings is 2. The van der Waals surface area contributed by atoms with Crippen molar-refractivity contribution in [3.8, 4) is 22.7 Å². The van der Waals surface area contributed by atoms with E-state index in [9.17, 15) is 4.79 Å². The van der Waals surface area contributed by atoms with E-state index >= 15 is 0 Å². The minimum Gasteiger partial charge on any atom is -0.497 e. The normalized spacial score (nSPS) is 11.2. The molecule has 0 saturated carbocycles. The molecular weight excluding hydrogens is 434 g/mol. The fraction of sp³-hybridized carbons (Fsp3) is 0.0400. The van der Waals surface area contributed by atoms with E-state index in [4.69, 9.17) is 9.84 Å². The average Bonchev–Trinajstić information content (AvgIpc) is 3.47. The monoisotopic (exact) mass is 453 g/mol. The Labute approximate surface area is 194 Å². The lowest BCUT2D eigenvalue weighted by atomic mass is 10.1. The molecule has 1 amide bonds. The molecule has 5 rings (SSSR count). The second-order valence-electron chi connectivity index (χ2n) is 7.13. The zero-order valence-electron chi connectivity index (χ0n) is 17.7. The van der Waals surface area contributed by atoms with E-state index < -0.39 is 0 Å². The van der Waals surface area contributed by atoms with Crippen molar-refractivity contribution >= 4 is 38.7 Å². The van der Waals surface area contributed by atoms with Crippen molar-refractivity contribution in [2.45, 2.75) is 0 Å².